The van der Waals surface area contributed by atoms with E-state index in [1.54, 1.807) is 36.9 Å². The summed E-state index contributed by atoms with van der Waals surface area (Å²) in [6.07, 6.45) is 6.25. The summed E-state index contributed by atoms with van der Waals surface area (Å²) >= 11 is 0. The van der Waals surface area contributed by atoms with Crippen LogP contribution in [0.4, 0.5) is 4.39 Å². The van der Waals surface area contributed by atoms with Gasteiger partial charge in [0.25, 0.3) is 0 Å². The minimum atomic E-state index is -0.279. The van der Waals surface area contributed by atoms with Crippen LogP contribution in [0.3, 0.4) is 0 Å². The Kier molecular flexibility index (Phi) is 5.15. The van der Waals surface area contributed by atoms with Crippen LogP contribution in [0.2, 0.25) is 0 Å². The number of aromatic nitrogens is 2. The van der Waals surface area contributed by atoms with Crippen molar-refractivity contribution in [3.8, 4) is 5.75 Å². The number of halogens is 1. The lowest BCUT2D eigenvalue weighted by atomic mass is 10.0. The van der Waals surface area contributed by atoms with Gasteiger partial charge >= 0.3 is 0 Å². The monoisotopic (exact) mass is 374 g/mol. The van der Waals surface area contributed by atoms with E-state index in [1.165, 1.54) is 6.07 Å². The van der Waals surface area contributed by atoms with Gasteiger partial charge in [0.15, 0.2) is 5.78 Å². The number of carbonyl (C=O) groups excluding carboxylic acids is 1. The van der Waals surface area contributed by atoms with Gasteiger partial charge in [-0.25, -0.2) is 9.37 Å². The molecule has 5 heteroatoms. The molecule has 0 radical (unpaired) electrons. The summed E-state index contributed by atoms with van der Waals surface area (Å²) in [6.45, 7) is 0.167. The van der Waals surface area contributed by atoms with Gasteiger partial charge in [-0.05, 0) is 42.3 Å². The van der Waals surface area contributed by atoms with Crippen molar-refractivity contribution in [2.75, 3.05) is 0 Å². The van der Waals surface area contributed by atoms with E-state index in [2.05, 4.69) is 4.98 Å². The zero-order chi connectivity index (χ0) is 19.3. The Morgan fingerprint density at radius 3 is 2.86 bits per heavy atom. The Morgan fingerprint density at radius 2 is 1.96 bits per heavy atom. The van der Waals surface area contributed by atoms with E-state index >= 15 is 0 Å². The number of pyridine rings is 1. The highest BCUT2D eigenvalue weighted by atomic mass is 19.1. The van der Waals surface area contributed by atoms with Gasteiger partial charge in [0.2, 0.25) is 0 Å². The Morgan fingerprint density at radius 1 is 1.07 bits per heavy atom. The number of benzene rings is 2. The van der Waals surface area contributed by atoms with Crippen LogP contribution in [0.25, 0.3) is 5.52 Å². The van der Waals surface area contributed by atoms with Crippen molar-refractivity contribution in [1.82, 2.24) is 9.38 Å². The summed E-state index contributed by atoms with van der Waals surface area (Å²) in [7, 11) is 0. The molecule has 4 nitrogen and oxygen atoms in total. The second-order valence-corrected chi connectivity index (χ2v) is 6.59. The van der Waals surface area contributed by atoms with E-state index in [4.69, 9.17) is 4.74 Å². The molecule has 0 atom stereocenters. The molecule has 0 spiro atoms. The van der Waals surface area contributed by atoms with Crippen molar-refractivity contribution < 1.29 is 13.9 Å². The molecule has 0 unspecified atom stereocenters. The molecule has 0 aliphatic heterocycles. The lowest BCUT2D eigenvalue weighted by molar-refractivity contribution is 0.0982. The molecular formula is C23H19FN2O2. The fourth-order valence-corrected chi connectivity index (χ4v) is 3.05. The van der Waals surface area contributed by atoms with Gasteiger partial charge in [0.05, 0.1) is 18.0 Å². The van der Waals surface area contributed by atoms with Crippen molar-refractivity contribution in [1.29, 1.82) is 0 Å². The van der Waals surface area contributed by atoms with Crippen molar-refractivity contribution in [2.45, 2.75) is 19.4 Å². The second-order valence-electron chi connectivity index (χ2n) is 6.59. The molecule has 2 heterocycles. The third-order valence-electron chi connectivity index (χ3n) is 4.62. The molecule has 0 amide bonds. The van der Waals surface area contributed by atoms with Gasteiger partial charge in [-0.15, -0.1) is 0 Å². The number of rotatable bonds is 7. The SMILES string of the molecule is O=C(CCc1cccc(OCc2ccccc2F)c1)c1ccc2cncn2c1. The van der Waals surface area contributed by atoms with Crippen LogP contribution in [0, 0.1) is 5.82 Å². The van der Waals surface area contributed by atoms with Crippen molar-refractivity contribution in [3.05, 3.63) is 102 Å². The molecule has 4 aromatic rings. The maximum Gasteiger partial charge on any atom is 0.164 e. The number of ether oxygens (including phenoxy) is 1. The zero-order valence-electron chi connectivity index (χ0n) is 15.2. The number of hydrogen-bond acceptors (Lipinski definition) is 3. The van der Waals surface area contributed by atoms with Crippen LogP contribution in [0.5, 0.6) is 5.75 Å². The van der Waals surface area contributed by atoms with E-state index in [0.29, 0.717) is 29.7 Å². The number of imidazole rings is 1. The molecule has 0 fully saturated rings. The molecule has 140 valence electrons. The summed E-state index contributed by atoms with van der Waals surface area (Å²) < 4.78 is 21.2. The maximum atomic E-state index is 13.7. The predicted octanol–water partition coefficient (Wildman–Crippen LogP) is 4.87. The van der Waals surface area contributed by atoms with E-state index in [9.17, 15) is 9.18 Å². The highest BCUT2D eigenvalue weighted by Gasteiger charge is 2.08. The highest BCUT2D eigenvalue weighted by Crippen LogP contribution is 2.18. The Bertz CT molecular complexity index is 1120. The molecule has 0 saturated heterocycles. The average molecular weight is 374 g/mol. The largest absolute Gasteiger partial charge is 0.489 e. The van der Waals surface area contributed by atoms with Gasteiger partial charge in [0.1, 0.15) is 18.2 Å². The Labute approximate surface area is 162 Å². The zero-order valence-corrected chi connectivity index (χ0v) is 15.2. The van der Waals surface area contributed by atoms with Gasteiger partial charge in [0, 0.05) is 23.7 Å². The van der Waals surface area contributed by atoms with Crippen LogP contribution in [0.1, 0.15) is 27.9 Å². The minimum Gasteiger partial charge on any atom is -0.489 e. The molecule has 28 heavy (non-hydrogen) atoms. The predicted molar refractivity (Wildman–Crippen MR) is 105 cm³/mol. The number of Topliss-reactive ketones (excluding diaryl/α,β-unsaturated/α-hetero) is 1. The number of nitrogens with zero attached hydrogens (tertiary/aromatic N) is 2. The molecule has 4 rings (SSSR count). The molecule has 0 N–H and O–H groups in total. The van der Waals surface area contributed by atoms with Crippen LogP contribution in [0.15, 0.2) is 79.4 Å². The summed E-state index contributed by atoms with van der Waals surface area (Å²) in [4.78, 5) is 16.6. The maximum absolute atomic E-state index is 13.7. The van der Waals surface area contributed by atoms with Gasteiger partial charge in [-0.2, -0.15) is 0 Å². The fourth-order valence-electron chi connectivity index (χ4n) is 3.05. The van der Waals surface area contributed by atoms with E-state index in [-0.39, 0.29) is 18.2 Å². The van der Waals surface area contributed by atoms with Gasteiger partial charge in [-0.3, -0.25) is 4.79 Å². The van der Waals surface area contributed by atoms with Crippen molar-refractivity contribution in [3.63, 3.8) is 0 Å². The molecular weight excluding hydrogens is 355 g/mol. The quantitative estimate of drug-likeness (QED) is 0.434. The number of aryl methyl sites for hydroxylation is 1. The first kappa shape index (κ1) is 17.9. The van der Waals surface area contributed by atoms with Crippen LogP contribution < -0.4 is 4.74 Å². The summed E-state index contributed by atoms with van der Waals surface area (Å²) in [5.41, 5.74) is 3.13. The number of hydrogen-bond donors (Lipinski definition) is 0. The first-order valence-electron chi connectivity index (χ1n) is 9.09. The van der Waals surface area contributed by atoms with E-state index < -0.39 is 0 Å². The molecule has 2 aromatic carbocycles. The molecule has 2 aromatic heterocycles. The number of carbonyl (C=O) groups is 1. The second kappa shape index (κ2) is 8.05. The average Bonchev–Trinajstić information content (AvgIpc) is 3.19. The standard InChI is InChI=1S/C23H19FN2O2/c24-22-7-2-1-5-19(22)15-28-21-6-3-4-17(12-21)8-11-23(27)18-9-10-20-13-25-16-26(20)14-18/h1-7,9-10,12-14,16H,8,11,15H2. The van der Waals surface area contributed by atoms with Gasteiger partial charge < -0.3 is 9.14 Å². The topological polar surface area (TPSA) is 43.6 Å². The normalized spacial score (nSPS) is 10.9. The van der Waals surface area contributed by atoms with Crippen LogP contribution >= 0.6 is 0 Å². The Balaban J connectivity index is 1.37. The third kappa shape index (κ3) is 4.09. The van der Waals surface area contributed by atoms with E-state index in [0.717, 1.165) is 11.1 Å². The summed E-state index contributed by atoms with van der Waals surface area (Å²) in [5, 5.41) is 0. The lowest BCUT2D eigenvalue weighted by Gasteiger charge is -2.09. The molecule has 0 bridgehead atoms. The first-order valence-corrected chi connectivity index (χ1v) is 9.09. The Hall–Kier alpha value is -3.47. The summed E-state index contributed by atoms with van der Waals surface area (Å²) in [6, 6.07) is 17.8. The van der Waals surface area contributed by atoms with E-state index in [1.807, 2.05) is 40.8 Å². The molecule has 0 saturated carbocycles. The fraction of sp³-hybridized carbons (Fsp3) is 0.130. The first-order chi connectivity index (χ1) is 13.7. The highest BCUT2D eigenvalue weighted by molar-refractivity contribution is 5.96. The molecule has 0 aliphatic rings. The van der Waals surface area contributed by atoms with Crippen LogP contribution in [-0.2, 0) is 13.0 Å². The van der Waals surface area contributed by atoms with Crippen molar-refractivity contribution >= 4 is 11.3 Å². The third-order valence-corrected chi connectivity index (χ3v) is 4.62. The summed E-state index contributed by atoms with van der Waals surface area (Å²) in [5.74, 6) is 0.459. The smallest absolute Gasteiger partial charge is 0.164 e. The number of fused-ring (bicyclic) bond motifs is 1. The number of ketones is 1. The minimum absolute atomic E-state index is 0.0771. The van der Waals surface area contributed by atoms with Gasteiger partial charge in [-0.1, -0.05) is 30.3 Å². The lowest BCUT2D eigenvalue weighted by Crippen LogP contribution is -2.03. The van der Waals surface area contributed by atoms with Crippen LogP contribution in [-0.4, -0.2) is 15.2 Å². The molecule has 0 aliphatic carbocycles. The van der Waals surface area contributed by atoms with Crippen molar-refractivity contribution in [2.24, 2.45) is 0 Å².